The van der Waals surface area contributed by atoms with Crippen LogP contribution in [-0.4, -0.2) is 26.9 Å². The van der Waals surface area contributed by atoms with E-state index in [1.54, 1.807) is 30.9 Å². The molecule has 1 N–H and O–H groups in total. The third-order valence-electron chi connectivity index (χ3n) is 3.68. The van der Waals surface area contributed by atoms with Crippen molar-refractivity contribution in [2.75, 3.05) is 11.4 Å². The summed E-state index contributed by atoms with van der Waals surface area (Å²) in [6.45, 7) is 4.33. The lowest BCUT2D eigenvalue weighted by atomic mass is 10.0. The van der Waals surface area contributed by atoms with Gasteiger partial charge in [0.15, 0.2) is 0 Å². The van der Waals surface area contributed by atoms with E-state index >= 15 is 0 Å². The zero-order valence-corrected chi connectivity index (χ0v) is 12.5. The second kappa shape index (κ2) is 4.56. The summed E-state index contributed by atoms with van der Waals surface area (Å²) in [5.74, 6) is 0.0762. The smallest absolute Gasteiger partial charge is 0.240 e. The molecule has 0 spiro atoms. The third-order valence-corrected chi connectivity index (χ3v) is 5.32. The maximum atomic E-state index is 12.3. The number of aryl methyl sites for hydroxylation is 1. The Bertz CT molecular complexity index is 680. The topological polar surface area (TPSA) is 66.5 Å². The van der Waals surface area contributed by atoms with E-state index in [0.29, 0.717) is 6.42 Å². The van der Waals surface area contributed by atoms with Gasteiger partial charge in [-0.1, -0.05) is 0 Å². The Balaban J connectivity index is 2.10. The first kappa shape index (κ1) is 13.6. The Morgan fingerprint density at radius 3 is 2.65 bits per heavy atom. The van der Waals surface area contributed by atoms with Gasteiger partial charge in [-0.25, -0.2) is 13.1 Å². The lowest BCUT2D eigenvalue weighted by Crippen LogP contribution is -2.32. The highest BCUT2D eigenvalue weighted by molar-refractivity contribution is 7.89. The molecule has 1 aromatic rings. The van der Waals surface area contributed by atoms with Gasteiger partial charge in [0.25, 0.3) is 0 Å². The summed E-state index contributed by atoms with van der Waals surface area (Å²) in [4.78, 5) is 14.0. The van der Waals surface area contributed by atoms with E-state index in [1.807, 2.05) is 0 Å². The second-order valence-electron chi connectivity index (χ2n) is 5.69. The number of nitrogens with one attached hydrogen (secondary N) is 1. The minimum Gasteiger partial charge on any atom is -0.312 e. The summed E-state index contributed by atoms with van der Waals surface area (Å²) in [5.41, 5.74) is 2.77. The van der Waals surface area contributed by atoms with Crippen LogP contribution in [0, 0.1) is 0 Å². The first-order chi connectivity index (χ1) is 9.38. The van der Waals surface area contributed by atoms with Crippen LogP contribution in [0.25, 0.3) is 0 Å². The normalized spacial score (nSPS) is 17.8. The highest BCUT2D eigenvalue weighted by atomic mass is 32.2. The lowest BCUT2D eigenvalue weighted by molar-refractivity contribution is -0.117. The Morgan fingerprint density at radius 1 is 1.25 bits per heavy atom. The first-order valence-electron chi connectivity index (χ1n) is 6.87. The van der Waals surface area contributed by atoms with Crippen LogP contribution >= 0.6 is 0 Å². The van der Waals surface area contributed by atoms with E-state index in [1.165, 1.54) is 0 Å². The van der Waals surface area contributed by atoms with Gasteiger partial charge >= 0.3 is 0 Å². The van der Waals surface area contributed by atoms with Gasteiger partial charge in [-0.2, -0.15) is 0 Å². The van der Waals surface area contributed by atoms with Gasteiger partial charge in [-0.15, -0.1) is 0 Å². The minimum atomic E-state index is -3.50. The Kier molecular flexibility index (Phi) is 3.10. The maximum Gasteiger partial charge on any atom is 0.240 e. The number of nitrogens with zero attached hydrogens (tertiary/aromatic N) is 1. The van der Waals surface area contributed by atoms with Crippen molar-refractivity contribution >= 4 is 21.6 Å². The standard InChI is InChI=1S/C14H18N2O3S/c1-9(2)15-20(18,19)12-6-10-4-3-5-16-13(17)8-11(7-12)14(10)16/h6-7,9,15H,3-5,8H2,1-2H3. The predicted molar refractivity (Wildman–Crippen MR) is 76.3 cm³/mol. The van der Waals surface area contributed by atoms with Gasteiger partial charge in [0, 0.05) is 12.6 Å². The van der Waals surface area contributed by atoms with Gasteiger partial charge in [-0.3, -0.25) is 4.79 Å². The molecule has 0 aromatic heterocycles. The van der Waals surface area contributed by atoms with E-state index in [-0.39, 0.29) is 16.8 Å². The van der Waals surface area contributed by atoms with Crippen LogP contribution in [0.5, 0.6) is 0 Å². The summed E-state index contributed by atoms with van der Waals surface area (Å²) < 4.78 is 27.2. The molecule has 1 aromatic carbocycles. The van der Waals surface area contributed by atoms with Crippen molar-refractivity contribution < 1.29 is 13.2 Å². The Hall–Kier alpha value is -1.40. The van der Waals surface area contributed by atoms with Crippen LogP contribution in [0.1, 0.15) is 31.4 Å². The average molecular weight is 294 g/mol. The van der Waals surface area contributed by atoms with E-state index < -0.39 is 10.0 Å². The van der Waals surface area contributed by atoms with Crippen LogP contribution in [0.4, 0.5) is 5.69 Å². The average Bonchev–Trinajstić information content (AvgIpc) is 2.66. The zero-order valence-electron chi connectivity index (χ0n) is 11.6. The molecule has 0 saturated carbocycles. The number of anilines is 1. The van der Waals surface area contributed by atoms with Gasteiger partial charge in [0.05, 0.1) is 17.0 Å². The maximum absolute atomic E-state index is 12.3. The predicted octanol–water partition coefficient (Wildman–Crippen LogP) is 1.21. The molecule has 5 nitrogen and oxygen atoms in total. The fraction of sp³-hybridized carbons (Fsp3) is 0.500. The largest absolute Gasteiger partial charge is 0.312 e. The Labute approximate surface area is 119 Å². The number of hydrogen-bond donors (Lipinski definition) is 1. The second-order valence-corrected chi connectivity index (χ2v) is 7.41. The molecule has 3 rings (SSSR count). The van der Waals surface area contributed by atoms with Crippen molar-refractivity contribution in [3.63, 3.8) is 0 Å². The molecule has 20 heavy (non-hydrogen) atoms. The summed E-state index contributed by atoms with van der Waals surface area (Å²) >= 11 is 0. The van der Waals surface area contributed by atoms with E-state index in [9.17, 15) is 13.2 Å². The third kappa shape index (κ3) is 2.13. The highest BCUT2D eigenvalue weighted by Crippen LogP contribution is 2.38. The van der Waals surface area contributed by atoms with Crippen LogP contribution in [0.3, 0.4) is 0 Å². The van der Waals surface area contributed by atoms with Gasteiger partial charge in [0.2, 0.25) is 15.9 Å². The molecule has 0 radical (unpaired) electrons. The number of hydrogen-bond acceptors (Lipinski definition) is 3. The zero-order chi connectivity index (χ0) is 14.5. The van der Waals surface area contributed by atoms with Crippen LogP contribution < -0.4 is 9.62 Å². The fourth-order valence-corrected chi connectivity index (χ4v) is 4.33. The summed E-state index contributed by atoms with van der Waals surface area (Å²) in [7, 11) is -3.50. The van der Waals surface area contributed by atoms with Crippen molar-refractivity contribution in [1.29, 1.82) is 0 Å². The molecule has 0 fully saturated rings. The highest BCUT2D eigenvalue weighted by Gasteiger charge is 2.33. The van der Waals surface area contributed by atoms with Crippen molar-refractivity contribution in [3.05, 3.63) is 23.3 Å². The summed E-state index contributed by atoms with van der Waals surface area (Å²) in [6.07, 6.45) is 2.03. The van der Waals surface area contributed by atoms with E-state index in [2.05, 4.69) is 4.72 Å². The molecular formula is C14H18N2O3S. The molecule has 108 valence electrons. The number of benzene rings is 1. The van der Waals surface area contributed by atoms with Crippen LogP contribution in [0.15, 0.2) is 17.0 Å². The molecule has 2 aliphatic rings. The van der Waals surface area contributed by atoms with Gasteiger partial charge in [0.1, 0.15) is 0 Å². The minimum absolute atomic E-state index is 0.0762. The number of carbonyl (C=O) groups excluding carboxylic acids is 1. The van der Waals surface area contributed by atoms with Gasteiger partial charge in [-0.05, 0) is 49.9 Å². The van der Waals surface area contributed by atoms with Gasteiger partial charge < -0.3 is 4.90 Å². The number of sulfonamides is 1. The molecule has 2 heterocycles. The van der Waals surface area contributed by atoms with Crippen LogP contribution in [-0.2, 0) is 27.7 Å². The molecule has 0 saturated heterocycles. The van der Waals surface area contributed by atoms with E-state index in [4.69, 9.17) is 0 Å². The quantitative estimate of drug-likeness (QED) is 0.911. The van der Waals surface area contributed by atoms with E-state index in [0.717, 1.165) is 36.2 Å². The Morgan fingerprint density at radius 2 is 1.95 bits per heavy atom. The molecule has 0 bridgehead atoms. The number of rotatable bonds is 3. The van der Waals surface area contributed by atoms with Crippen molar-refractivity contribution in [3.8, 4) is 0 Å². The SMILES string of the molecule is CC(C)NS(=O)(=O)c1cc2c3c(c1)CC(=O)N3CCC2. The first-order valence-corrected chi connectivity index (χ1v) is 8.35. The summed E-state index contributed by atoms with van der Waals surface area (Å²) in [6, 6.07) is 3.21. The summed E-state index contributed by atoms with van der Waals surface area (Å²) in [5, 5.41) is 0. The molecule has 0 aliphatic carbocycles. The molecule has 1 amide bonds. The molecule has 6 heteroatoms. The van der Waals surface area contributed by atoms with Crippen LogP contribution in [0.2, 0.25) is 0 Å². The molecule has 2 aliphatic heterocycles. The molecular weight excluding hydrogens is 276 g/mol. The molecule has 0 atom stereocenters. The lowest BCUT2D eigenvalue weighted by Gasteiger charge is -2.26. The monoisotopic (exact) mass is 294 g/mol. The fourth-order valence-electron chi connectivity index (χ4n) is 2.98. The number of amides is 1. The van der Waals surface area contributed by atoms with Crippen molar-refractivity contribution in [2.24, 2.45) is 0 Å². The van der Waals surface area contributed by atoms with Crippen molar-refractivity contribution in [2.45, 2.75) is 44.0 Å². The molecule has 0 unspecified atom stereocenters. The number of carbonyl (C=O) groups is 1. The van der Waals surface area contributed by atoms with Crippen molar-refractivity contribution in [1.82, 2.24) is 4.72 Å².